The number of hydrogen-bond donors (Lipinski definition) is 0. The molecular weight excluding hydrogens is 435 g/mol. The first-order valence-corrected chi connectivity index (χ1v) is 12.8. The van der Waals surface area contributed by atoms with Crippen molar-refractivity contribution in [3.8, 4) is 6.07 Å². The van der Waals surface area contributed by atoms with E-state index in [1.165, 1.54) is 0 Å². The lowest BCUT2D eigenvalue weighted by atomic mass is 10.3. The van der Waals surface area contributed by atoms with Gasteiger partial charge in [-0.25, -0.2) is 4.67 Å². The van der Waals surface area contributed by atoms with Gasteiger partial charge in [-0.05, 0) is 34.1 Å². The van der Waals surface area contributed by atoms with Gasteiger partial charge in [0.2, 0.25) is 0 Å². The molecule has 1 unspecified atom stereocenters. The first-order chi connectivity index (χ1) is 15.5. The summed E-state index contributed by atoms with van der Waals surface area (Å²) in [6.45, 7) is 17.0. The zero-order valence-electron chi connectivity index (χ0n) is 20.8. The Morgan fingerprint density at radius 2 is 1.00 bits per heavy atom. The van der Waals surface area contributed by atoms with Crippen molar-refractivity contribution in [2.24, 2.45) is 0 Å². The lowest BCUT2D eigenvalue weighted by molar-refractivity contribution is -0.0129. The molecule has 32 heavy (non-hydrogen) atoms. The average Bonchev–Trinajstić information content (AvgIpc) is 2.75. The van der Waals surface area contributed by atoms with Crippen molar-refractivity contribution in [1.29, 1.82) is 5.26 Å². The van der Waals surface area contributed by atoms with Crippen LogP contribution in [-0.2, 0) is 32.7 Å². The lowest BCUT2D eigenvalue weighted by Crippen LogP contribution is -2.34. The molecule has 0 aliphatic heterocycles. The Kier molecular flexibility index (Phi) is 23.5. The Hall–Kier alpha value is -0.400. The summed E-state index contributed by atoms with van der Waals surface area (Å²) in [5.41, 5.74) is 0. The number of nitrogens with zero attached hydrogens (tertiary/aromatic N) is 2. The fourth-order valence-electron chi connectivity index (χ4n) is 2.61. The maximum atomic E-state index is 8.74. The van der Waals surface area contributed by atoms with E-state index in [-0.39, 0.29) is 12.1 Å². The van der Waals surface area contributed by atoms with Crippen molar-refractivity contribution < 1.29 is 32.7 Å². The Morgan fingerprint density at radius 1 is 0.625 bits per heavy atom. The maximum absolute atomic E-state index is 8.74. The molecule has 0 saturated heterocycles. The van der Waals surface area contributed by atoms with E-state index in [1.807, 2.05) is 0 Å². The second-order valence-electron chi connectivity index (χ2n) is 7.44. The fourth-order valence-corrected chi connectivity index (χ4v) is 4.19. The number of ether oxygens (including phenoxy) is 5. The summed E-state index contributed by atoms with van der Waals surface area (Å²) in [4.78, 5) is 0. The predicted molar refractivity (Wildman–Crippen MR) is 126 cm³/mol. The van der Waals surface area contributed by atoms with Crippen molar-refractivity contribution in [3.63, 3.8) is 0 Å². The normalized spacial score (nSPS) is 12.7. The minimum absolute atomic E-state index is 0.283. The quantitative estimate of drug-likeness (QED) is 0.151. The fraction of sp³-hybridized carbons (Fsp3) is 0.955. The van der Waals surface area contributed by atoms with Gasteiger partial charge in [-0.1, -0.05) is 6.92 Å². The highest BCUT2D eigenvalue weighted by Gasteiger charge is 2.26. The summed E-state index contributed by atoms with van der Waals surface area (Å²) < 4.78 is 41.2. The van der Waals surface area contributed by atoms with Crippen LogP contribution in [-0.4, -0.2) is 96.0 Å². The van der Waals surface area contributed by atoms with Crippen LogP contribution in [0.5, 0.6) is 0 Å². The molecule has 0 fully saturated rings. The minimum atomic E-state index is -1.22. The standard InChI is InChI=1S/C22H45N2O7P/c1-6-9-25-11-12-26-13-14-27-15-16-28-17-18-29-19-20-31-32(30-10-7-8-23)24(21(2)3)22(4)5/h21-22H,6-7,9-20H2,1-5H3. The van der Waals surface area contributed by atoms with Crippen molar-refractivity contribution in [3.05, 3.63) is 0 Å². The summed E-state index contributed by atoms with van der Waals surface area (Å²) >= 11 is 0. The summed E-state index contributed by atoms with van der Waals surface area (Å²) in [5, 5.41) is 8.74. The molecule has 190 valence electrons. The molecule has 0 amide bonds. The zero-order chi connectivity index (χ0) is 23.9. The van der Waals surface area contributed by atoms with Crippen LogP contribution in [0.15, 0.2) is 0 Å². The Bertz CT molecular complexity index is 431. The molecule has 0 saturated carbocycles. The van der Waals surface area contributed by atoms with E-state index in [1.54, 1.807) is 0 Å². The number of nitriles is 1. The van der Waals surface area contributed by atoms with E-state index in [9.17, 15) is 0 Å². The van der Waals surface area contributed by atoms with Gasteiger partial charge in [-0.15, -0.1) is 0 Å². The van der Waals surface area contributed by atoms with E-state index in [4.69, 9.17) is 38.0 Å². The minimum Gasteiger partial charge on any atom is -0.379 e. The average molecular weight is 481 g/mol. The molecule has 0 spiro atoms. The first kappa shape index (κ1) is 31.6. The van der Waals surface area contributed by atoms with Crippen LogP contribution in [0.2, 0.25) is 0 Å². The topological polar surface area (TPSA) is 91.6 Å². The third-order valence-corrected chi connectivity index (χ3v) is 6.04. The van der Waals surface area contributed by atoms with Crippen LogP contribution in [0.4, 0.5) is 0 Å². The molecule has 0 N–H and O–H groups in total. The molecule has 0 bridgehead atoms. The molecule has 0 aromatic heterocycles. The Balaban J connectivity index is 3.65. The molecule has 0 heterocycles. The second kappa shape index (κ2) is 23.7. The Labute approximate surface area is 196 Å². The van der Waals surface area contributed by atoms with Gasteiger partial charge in [0.1, 0.15) is 0 Å². The predicted octanol–water partition coefficient (Wildman–Crippen LogP) is 3.77. The van der Waals surface area contributed by atoms with Gasteiger partial charge in [0.05, 0.1) is 85.2 Å². The molecule has 9 nitrogen and oxygen atoms in total. The number of rotatable bonds is 24. The highest BCUT2D eigenvalue weighted by Crippen LogP contribution is 2.45. The third-order valence-electron chi connectivity index (χ3n) is 3.93. The van der Waals surface area contributed by atoms with Crippen molar-refractivity contribution in [1.82, 2.24) is 4.67 Å². The Morgan fingerprint density at radius 3 is 1.38 bits per heavy atom. The van der Waals surface area contributed by atoms with Gasteiger partial charge in [0, 0.05) is 18.7 Å². The van der Waals surface area contributed by atoms with Gasteiger partial charge in [0.15, 0.2) is 0 Å². The molecule has 0 aromatic rings. The van der Waals surface area contributed by atoms with E-state index < -0.39 is 8.53 Å². The highest BCUT2D eigenvalue weighted by molar-refractivity contribution is 7.44. The van der Waals surface area contributed by atoms with Crippen molar-refractivity contribution >= 4 is 8.53 Å². The molecule has 0 aliphatic carbocycles. The van der Waals surface area contributed by atoms with Crippen LogP contribution < -0.4 is 0 Å². The van der Waals surface area contributed by atoms with Gasteiger partial charge in [-0.2, -0.15) is 5.26 Å². The second-order valence-corrected chi connectivity index (χ2v) is 8.90. The van der Waals surface area contributed by atoms with Crippen LogP contribution in [0.3, 0.4) is 0 Å². The molecule has 0 rings (SSSR count). The highest BCUT2D eigenvalue weighted by atomic mass is 31.2. The van der Waals surface area contributed by atoms with Crippen molar-refractivity contribution in [2.75, 3.05) is 79.3 Å². The maximum Gasteiger partial charge on any atom is 0.259 e. The van der Waals surface area contributed by atoms with E-state index in [2.05, 4.69) is 45.4 Å². The van der Waals surface area contributed by atoms with Gasteiger partial charge in [0.25, 0.3) is 8.53 Å². The van der Waals surface area contributed by atoms with Crippen LogP contribution in [0.1, 0.15) is 47.5 Å². The summed E-state index contributed by atoms with van der Waals surface area (Å²) in [7, 11) is -1.22. The number of hydrogen-bond acceptors (Lipinski definition) is 9. The largest absolute Gasteiger partial charge is 0.379 e. The van der Waals surface area contributed by atoms with E-state index in [0.717, 1.165) is 13.0 Å². The van der Waals surface area contributed by atoms with Crippen LogP contribution in [0, 0.1) is 11.3 Å². The molecular formula is C22H45N2O7P. The molecule has 0 aliphatic rings. The molecule has 1 atom stereocenters. The lowest BCUT2D eigenvalue weighted by Gasteiger charge is -2.35. The summed E-state index contributed by atoms with van der Waals surface area (Å²) in [5.74, 6) is 0. The first-order valence-electron chi connectivity index (χ1n) is 11.6. The monoisotopic (exact) mass is 480 g/mol. The van der Waals surface area contributed by atoms with Gasteiger partial charge < -0.3 is 32.7 Å². The van der Waals surface area contributed by atoms with E-state index >= 15 is 0 Å². The molecule has 10 heteroatoms. The third kappa shape index (κ3) is 19.1. The van der Waals surface area contributed by atoms with Crippen LogP contribution >= 0.6 is 8.53 Å². The van der Waals surface area contributed by atoms with Crippen LogP contribution in [0.25, 0.3) is 0 Å². The van der Waals surface area contributed by atoms with Crippen molar-refractivity contribution in [2.45, 2.75) is 59.5 Å². The SMILES string of the molecule is CCCOCCOCCOCCOCCOCCOP(OCCC#N)N(C(C)C)C(C)C. The molecule has 0 aromatic carbocycles. The summed E-state index contributed by atoms with van der Waals surface area (Å²) in [6, 6.07) is 2.67. The smallest absolute Gasteiger partial charge is 0.259 e. The molecule has 0 radical (unpaired) electrons. The van der Waals surface area contributed by atoms with Gasteiger partial charge >= 0.3 is 0 Å². The van der Waals surface area contributed by atoms with E-state index in [0.29, 0.717) is 79.1 Å². The van der Waals surface area contributed by atoms with Gasteiger partial charge in [-0.3, -0.25) is 0 Å². The summed E-state index contributed by atoms with van der Waals surface area (Å²) in [6.07, 6.45) is 1.38. The zero-order valence-corrected chi connectivity index (χ0v) is 21.6.